The number of carbonyl (C=O) groups excluding carboxylic acids is 1. The molecule has 0 spiro atoms. The van der Waals surface area contributed by atoms with Crippen LogP contribution in [-0.2, 0) is 4.79 Å². The highest BCUT2D eigenvalue weighted by Gasteiger charge is 2.45. The monoisotopic (exact) mass is 342 g/mol. The van der Waals surface area contributed by atoms with Crippen LogP contribution in [0, 0.1) is 12.8 Å². The minimum Gasteiger partial charge on any atom is -0.353 e. The van der Waals surface area contributed by atoms with E-state index in [1.54, 1.807) is 6.20 Å². The largest absolute Gasteiger partial charge is 0.353 e. The van der Waals surface area contributed by atoms with Crippen molar-refractivity contribution in [2.45, 2.75) is 38.1 Å². The van der Waals surface area contributed by atoms with Gasteiger partial charge in [0.15, 0.2) is 5.82 Å². The zero-order valence-electron chi connectivity index (χ0n) is 13.8. The van der Waals surface area contributed by atoms with Gasteiger partial charge in [-0.3, -0.25) is 4.79 Å². The van der Waals surface area contributed by atoms with Crippen LogP contribution in [0.1, 0.15) is 34.9 Å². The van der Waals surface area contributed by atoms with Crippen molar-refractivity contribution in [2.75, 3.05) is 18.0 Å². The van der Waals surface area contributed by atoms with Crippen LogP contribution in [0.3, 0.4) is 0 Å². The topological polar surface area (TPSA) is 58.1 Å². The number of amides is 1. The highest BCUT2D eigenvalue weighted by atomic mass is 32.1. The molecule has 1 amide bonds. The number of carbonyl (C=O) groups is 1. The fourth-order valence-corrected chi connectivity index (χ4v) is 4.58. The minimum absolute atomic E-state index is 0.162. The third kappa shape index (κ3) is 3.29. The van der Waals surface area contributed by atoms with Crippen LogP contribution in [0.15, 0.2) is 30.5 Å². The molecule has 1 N–H and O–H groups in total. The van der Waals surface area contributed by atoms with E-state index in [4.69, 9.17) is 0 Å². The summed E-state index contributed by atoms with van der Waals surface area (Å²) in [4.78, 5) is 17.5. The van der Waals surface area contributed by atoms with Crippen LogP contribution in [0.2, 0.25) is 0 Å². The van der Waals surface area contributed by atoms with E-state index in [-0.39, 0.29) is 17.9 Å². The lowest BCUT2D eigenvalue weighted by molar-refractivity contribution is -0.123. The van der Waals surface area contributed by atoms with Gasteiger partial charge in [0.2, 0.25) is 5.91 Å². The Bertz CT molecular complexity index is 717. The summed E-state index contributed by atoms with van der Waals surface area (Å²) >= 11 is 1.82. The molecule has 1 saturated carbocycles. The Hall–Kier alpha value is -1.95. The van der Waals surface area contributed by atoms with Crippen LogP contribution in [-0.4, -0.2) is 35.2 Å². The van der Waals surface area contributed by atoms with Gasteiger partial charge in [0.05, 0.1) is 0 Å². The fraction of sp³-hybridized carbons (Fsp3) is 0.500. The number of anilines is 1. The Morgan fingerprint density at radius 2 is 2.29 bits per heavy atom. The number of nitrogens with zero attached hydrogens (tertiary/aromatic N) is 3. The van der Waals surface area contributed by atoms with Crippen molar-refractivity contribution >= 4 is 23.1 Å². The smallest absolute Gasteiger partial charge is 0.224 e. The van der Waals surface area contributed by atoms with Crippen molar-refractivity contribution in [3.05, 3.63) is 40.2 Å². The third-order valence-corrected chi connectivity index (χ3v) is 6.04. The van der Waals surface area contributed by atoms with E-state index in [0.717, 1.165) is 38.2 Å². The van der Waals surface area contributed by atoms with E-state index in [9.17, 15) is 4.79 Å². The Morgan fingerprint density at radius 3 is 3.04 bits per heavy atom. The lowest BCUT2D eigenvalue weighted by atomic mass is 10.1. The van der Waals surface area contributed by atoms with Gasteiger partial charge in [0, 0.05) is 46.9 Å². The number of piperidine rings is 1. The number of aromatic nitrogens is 2. The molecule has 6 heteroatoms. The average Bonchev–Trinajstić information content (AvgIpc) is 3.30. The Balaban J connectivity index is 1.33. The quantitative estimate of drug-likeness (QED) is 0.928. The van der Waals surface area contributed by atoms with Gasteiger partial charge in [-0.1, -0.05) is 0 Å². The molecule has 2 aromatic heterocycles. The molecule has 0 aromatic carbocycles. The maximum absolute atomic E-state index is 12.6. The van der Waals surface area contributed by atoms with Gasteiger partial charge in [-0.2, -0.15) is 5.10 Å². The van der Waals surface area contributed by atoms with E-state index >= 15 is 0 Å². The molecule has 0 unspecified atom stereocenters. The standard InChI is InChI=1S/C18H22N4OS/c1-12-6-7-16(24-12)14-10-15(14)18(23)20-13-4-3-9-22(11-13)17-5-2-8-19-21-17/h2,5-8,13-15H,3-4,9-11H2,1H3,(H,20,23)/t13-,14-,15+/m1/s1. The molecule has 126 valence electrons. The molecule has 2 aliphatic rings. The predicted molar refractivity (Wildman–Crippen MR) is 95.3 cm³/mol. The normalized spacial score (nSPS) is 26.2. The first-order valence-corrected chi connectivity index (χ1v) is 9.42. The number of aryl methyl sites for hydroxylation is 1. The Kier molecular flexibility index (Phi) is 4.22. The van der Waals surface area contributed by atoms with Crippen molar-refractivity contribution in [3.8, 4) is 0 Å². The summed E-state index contributed by atoms with van der Waals surface area (Å²) in [6.07, 6.45) is 4.79. The summed E-state index contributed by atoms with van der Waals surface area (Å²) in [6, 6.07) is 8.41. The second-order valence-corrected chi connectivity index (χ2v) is 8.09. The Labute approximate surface area is 146 Å². The van der Waals surface area contributed by atoms with Crippen molar-refractivity contribution in [2.24, 2.45) is 5.92 Å². The van der Waals surface area contributed by atoms with Gasteiger partial charge in [0.25, 0.3) is 0 Å². The van der Waals surface area contributed by atoms with E-state index in [1.807, 2.05) is 23.5 Å². The summed E-state index contributed by atoms with van der Waals surface area (Å²) in [5, 5.41) is 11.4. The molecule has 5 nitrogen and oxygen atoms in total. The van der Waals surface area contributed by atoms with Gasteiger partial charge >= 0.3 is 0 Å². The van der Waals surface area contributed by atoms with Gasteiger partial charge in [-0.25, -0.2) is 0 Å². The molecule has 0 radical (unpaired) electrons. The summed E-state index contributed by atoms with van der Waals surface area (Å²) < 4.78 is 0. The molecule has 3 heterocycles. The number of thiophene rings is 1. The van der Waals surface area contributed by atoms with Crippen LogP contribution < -0.4 is 10.2 Å². The van der Waals surface area contributed by atoms with Gasteiger partial charge < -0.3 is 10.2 Å². The predicted octanol–water partition coefficient (Wildman–Crippen LogP) is 2.74. The SMILES string of the molecule is Cc1ccc([C@@H]2C[C@@H]2C(=O)N[C@@H]2CCCN(c3cccnn3)C2)s1. The first-order valence-electron chi connectivity index (χ1n) is 8.60. The van der Waals surface area contributed by atoms with Gasteiger partial charge in [-0.15, -0.1) is 16.4 Å². The molecule has 3 atom stereocenters. The number of hydrogen-bond donors (Lipinski definition) is 1. The molecular weight excluding hydrogens is 320 g/mol. The summed E-state index contributed by atoms with van der Waals surface area (Å²) in [7, 11) is 0. The molecule has 2 fully saturated rings. The van der Waals surface area contributed by atoms with Crippen LogP contribution in [0.25, 0.3) is 0 Å². The van der Waals surface area contributed by atoms with Crippen molar-refractivity contribution in [1.29, 1.82) is 0 Å². The lowest BCUT2D eigenvalue weighted by Gasteiger charge is -2.33. The third-order valence-electron chi connectivity index (χ3n) is 4.90. The zero-order valence-corrected chi connectivity index (χ0v) is 14.6. The molecule has 1 aliphatic carbocycles. The van der Waals surface area contributed by atoms with Crippen molar-refractivity contribution in [3.63, 3.8) is 0 Å². The van der Waals surface area contributed by atoms with Crippen molar-refractivity contribution < 1.29 is 4.79 Å². The van der Waals surface area contributed by atoms with E-state index in [2.05, 4.69) is 39.5 Å². The summed E-state index contributed by atoms with van der Waals surface area (Å²) in [6.45, 7) is 3.92. The highest BCUT2D eigenvalue weighted by molar-refractivity contribution is 7.12. The highest BCUT2D eigenvalue weighted by Crippen LogP contribution is 2.49. The number of rotatable bonds is 4. The molecule has 1 saturated heterocycles. The average molecular weight is 342 g/mol. The van der Waals surface area contributed by atoms with Crippen LogP contribution in [0.5, 0.6) is 0 Å². The fourth-order valence-electron chi connectivity index (χ4n) is 3.53. The lowest BCUT2D eigenvalue weighted by Crippen LogP contribution is -2.48. The molecule has 1 aliphatic heterocycles. The number of nitrogens with one attached hydrogen (secondary N) is 1. The van der Waals surface area contributed by atoms with Crippen molar-refractivity contribution in [1.82, 2.24) is 15.5 Å². The first kappa shape index (κ1) is 15.6. The van der Waals surface area contributed by atoms with Crippen LogP contribution >= 0.6 is 11.3 Å². The van der Waals surface area contributed by atoms with Gasteiger partial charge in [0.1, 0.15) is 0 Å². The summed E-state index contributed by atoms with van der Waals surface area (Å²) in [5.74, 6) is 1.71. The second kappa shape index (κ2) is 6.51. The molecular formula is C18H22N4OS. The van der Waals surface area contributed by atoms with E-state index in [0.29, 0.717) is 5.92 Å². The zero-order chi connectivity index (χ0) is 16.5. The molecule has 4 rings (SSSR count). The maximum atomic E-state index is 12.6. The maximum Gasteiger partial charge on any atom is 0.224 e. The molecule has 2 aromatic rings. The van der Waals surface area contributed by atoms with E-state index < -0.39 is 0 Å². The molecule has 0 bridgehead atoms. The first-order chi connectivity index (χ1) is 11.7. The molecule has 24 heavy (non-hydrogen) atoms. The second-order valence-electron chi connectivity index (χ2n) is 6.77. The van der Waals surface area contributed by atoms with Gasteiger partial charge in [-0.05, 0) is 50.5 Å². The van der Waals surface area contributed by atoms with E-state index in [1.165, 1.54) is 9.75 Å². The van der Waals surface area contributed by atoms with Crippen LogP contribution in [0.4, 0.5) is 5.82 Å². The number of hydrogen-bond acceptors (Lipinski definition) is 5. The minimum atomic E-state index is 0.162. The Morgan fingerprint density at radius 1 is 1.38 bits per heavy atom. The summed E-state index contributed by atoms with van der Waals surface area (Å²) in [5.41, 5.74) is 0.